The zero-order chi connectivity index (χ0) is 8.97. The molecule has 0 saturated heterocycles. The van der Waals surface area contributed by atoms with Gasteiger partial charge in [0.15, 0.2) is 0 Å². The lowest BCUT2D eigenvalue weighted by molar-refractivity contribution is 0.0846. The lowest BCUT2D eigenvalue weighted by Crippen LogP contribution is -2.16. The summed E-state index contributed by atoms with van der Waals surface area (Å²) < 4.78 is 8.13. The summed E-state index contributed by atoms with van der Waals surface area (Å²) in [5.74, 6) is 0. The normalized spacial score (nSPS) is 13.2. The van der Waals surface area contributed by atoms with E-state index in [2.05, 4.69) is 27.8 Å². The van der Waals surface area contributed by atoms with Gasteiger partial charge in [0.25, 0.3) is 0 Å². The highest BCUT2D eigenvalue weighted by atomic mass is 79.9. The van der Waals surface area contributed by atoms with Crippen molar-refractivity contribution in [2.24, 2.45) is 0 Å². The molecule has 0 aliphatic heterocycles. The molecule has 0 aliphatic rings. The molecule has 68 valence electrons. The van der Waals surface area contributed by atoms with Crippen LogP contribution < -0.4 is 0 Å². The zero-order valence-corrected chi connectivity index (χ0v) is 8.91. The third kappa shape index (κ3) is 2.60. The second-order valence-corrected chi connectivity index (χ2v) is 3.47. The fourth-order valence-electron chi connectivity index (χ4n) is 1.04. The Labute approximate surface area is 80.9 Å². The molecule has 0 radical (unpaired) electrons. The fourth-order valence-corrected chi connectivity index (χ4v) is 1.39. The maximum absolute atomic E-state index is 5.25. The SMILES string of the molecule is CCC(Cn1cnc(Br)c1)OC. The second kappa shape index (κ2) is 4.62. The monoisotopic (exact) mass is 232 g/mol. The number of aromatic nitrogens is 2. The first-order valence-corrected chi connectivity index (χ1v) is 4.75. The van der Waals surface area contributed by atoms with Crippen molar-refractivity contribution >= 4 is 15.9 Å². The van der Waals surface area contributed by atoms with Crippen LogP contribution >= 0.6 is 15.9 Å². The Hall–Kier alpha value is -0.350. The Morgan fingerprint density at radius 2 is 2.50 bits per heavy atom. The van der Waals surface area contributed by atoms with Crippen LogP contribution in [0.3, 0.4) is 0 Å². The average Bonchev–Trinajstić information content (AvgIpc) is 2.47. The number of halogens is 1. The molecule has 1 aromatic rings. The lowest BCUT2D eigenvalue weighted by atomic mass is 10.3. The minimum atomic E-state index is 0.283. The van der Waals surface area contributed by atoms with Crippen molar-refractivity contribution in [3.8, 4) is 0 Å². The molecule has 0 aliphatic carbocycles. The Balaban J connectivity index is 2.50. The van der Waals surface area contributed by atoms with Crippen molar-refractivity contribution in [3.05, 3.63) is 17.1 Å². The number of ether oxygens (including phenoxy) is 1. The molecule has 0 amide bonds. The molecule has 4 heteroatoms. The number of methoxy groups -OCH3 is 1. The van der Waals surface area contributed by atoms with Crippen LogP contribution in [0.15, 0.2) is 17.1 Å². The van der Waals surface area contributed by atoms with Gasteiger partial charge >= 0.3 is 0 Å². The van der Waals surface area contributed by atoms with Crippen molar-refractivity contribution in [1.29, 1.82) is 0 Å². The molecule has 1 unspecified atom stereocenters. The van der Waals surface area contributed by atoms with Crippen molar-refractivity contribution in [2.45, 2.75) is 26.0 Å². The molecule has 1 rings (SSSR count). The minimum Gasteiger partial charge on any atom is -0.380 e. The number of rotatable bonds is 4. The first kappa shape index (κ1) is 9.74. The van der Waals surface area contributed by atoms with Crippen LogP contribution in [0.5, 0.6) is 0 Å². The van der Waals surface area contributed by atoms with Gasteiger partial charge in [-0.15, -0.1) is 0 Å². The molecule has 1 aromatic heterocycles. The van der Waals surface area contributed by atoms with Crippen LogP contribution in [0, 0.1) is 0 Å². The van der Waals surface area contributed by atoms with Gasteiger partial charge in [0.05, 0.1) is 12.4 Å². The summed E-state index contributed by atoms with van der Waals surface area (Å²) in [6, 6.07) is 0. The Kier molecular flexibility index (Phi) is 3.75. The van der Waals surface area contributed by atoms with E-state index >= 15 is 0 Å². The van der Waals surface area contributed by atoms with E-state index in [0.717, 1.165) is 17.6 Å². The topological polar surface area (TPSA) is 27.1 Å². The predicted molar refractivity (Wildman–Crippen MR) is 51.0 cm³/mol. The average molecular weight is 233 g/mol. The van der Waals surface area contributed by atoms with Gasteiger partial charge in [-0.25, -0.2) is 4.98 Å². The fraction of sp³-hybridized carbons (Fsp3) is 0.625. The van der Waals surface area contributed by atoms with E-state index in [0.29, 0.717) is 0 Å². The van der Waals surface area contributed by atoms with Crippen LogP contribution in [0.2, 0.25) is 0 Å². The third-order valence-corrected chi connectivity index (χ3v) is 2.21. The van der Waals surface area contributed by atoms with E-state index in [1.54, 1.807) is 13.4 Å². The van der Waals surface area contributed by atoms with E-state index in [9.17, 15) is 0 Å². The summed E-state index contributed by atoms with van der Waals surface area (Å²) in [7, 11) is 1.74. The van der Waals surface area contributed by atoms with Crippen LogP contribution in [0.25, 0.3) is 0 Å². The summed E-state index contributed by atoms with van der Waals surface area (Å²) in [6.45, 7) is 2.98. The van der Waals surface area contributed by atoms with Gasteiger partial charge in [0, 0.05) is 19.9 Å². The molecule has 0 N–H and O–H groups in total. The number of hydrogen-bond donors (Lipinski definition) is 0. The summed E-state index contributed by atoms with van der Waals surface area (Å²) in [5, 5.41) is 0. The molecule has 12 heavy (non-hydrogen) atoms. The highest BCUT2D eigenvalue weighted by Crippen LogP contribution is 2.07. The molecular weight excluding hydrogens is 220 g/mol. The first-order valence-electron chi connectivity index (χ1n) is 3.96. The molecule has 1 heterocycles. The smallest absolute Gasteiger partial charge is 0.124 e. The van der Waals surface area contributed by atoms with Crippen LogP contribution in [-0.4, -0.2) is 22.8 Å². The lowest BCUT2D eigenvalue weighted by Gasteiger charge is -2.12. The highest BCUT2D eigenvalue weighted by Gasteiger charge is 2.04. The van der Waals surface area contributed by atoms with Gasteiger partial charge < -0.3 is 9.30 Å². The number of nitrogens with zero attached hydrogens (tertiary/aromatic N) is 2. The summed E-state index contributed by atoms with van der Waals surface area (Å²) in [5.41, 5.74) is 0. The molecule has 0 aromatic carbocycles. The van der Waals surface area contributed by atoms with Crippen LogP contribution in [-0.2, 0) is 11.3 Å². The van der Waals surface area contributed by atoms with Crippen LogP contribution in [0.4, 0.5) is 0 Å². The third-order valence-electron chi connectivity index (χ3n) is 1.80. The quantitative estimate of drug-likeness (QED) is 0.795. The second-order valence-electron chi connectivity index (χ2n) is 2.66. The zero-order valence-electron chi connectivity index (χ0n) is 7.33. The van der Waals surface area contributed by atoms with Crippen molar-refractivity contribution in [2.75, 3.05) is 7.11 Å². The van der Waals surface area contributed by atoms with E-state index in [-0.39, 0.29) is 6.10 Å². The maximum Gasteiger partial charge on any atom is 0.124 e. The van der Waals surface area contributed by atoms with Gasteiger partial charge in [-0.2, -0.15) is 0 Å². The van der Waals surface area contributed by atoms with Gasteiger partial charge in [-0.3, -0.25) is 0 Å². The van der Waals surface area contributed by atoms with E-state index in [1.807, 2.05) is 10.8 Å². The maximum atomic E-state index is 5.25. The summed E-state index contributed by atoms with van der Waals surface area (Å²) >= 11 is 3.29. The van der Waals surface area contributed by atoms with Crippen molar-refractivity contribution < 1.29 is 4.74 Å². The van der Waals surface area contributed by atoms with Crippen LogP contribution in [0.1, 0.15) is 13.3 Å². The largest absolute Gasteiger partial charge is 0.380 e. The van der Waals surface area contributed by atoms with Crippen molar-refractivity contribution in [1.82, 2.24) is 9.55 Å². The first-order chi connectivity index (χ1) is 5.76. The highest BCUT2D eigenvalue weighted by molar-refractivity contribution is 9.10. The summed E-state index contributed by atoms with van der Waals surface area (Å²) in [4.78, 5) is 4.06. The molecule has 0 spiro atoms. The Morgan fingerprint density at radius 1 is 1.75 bits per heavy atom. The van der Waals surface area contributed by atoms with Gasteiger partial charge in [-0.1, -0.05) is 6.92 Å². The molecule has 1 atom stereocenters. The summed E-state index contributed by atoms with van der Waals surface area (Å²) in [6.07, 6.45) is 5.05. The Bertz CT molecular complexity index is 233. The van der Waals surface area contributed by atoms with E-state index < -0.39 is 0 Å². The molecule has 0 fully saturated rings. The van der Waals surface area contributed by atoms with Gasteiger partial charge in [-0.05, 0) is 22.4 Å². The van der Waals surface area contributed by atoms with E-state index in [1.165, 1.54) is 0 Å². The van der Waals surface area contributed by atoms with E-state index in [4.69, 9.17) is 4.74 Å². The van der Waals surface area contributed by atoms with Gasteiger partial charge in [0.1, 0.15) is 4.60 Å². The number of imidazole rings is 1. The van der Waals surface area contributed by atoms with Gasteiger partial charge in [0.2, 0.25) is 0 Å². The minimum absolute atomic E-state index is 0.283. The number of hydrogen-bond acceptors (Lipinski definition) is 2. The molecule has 0 saturated carbocycles. The predicted octanol–water partition coefficient (Wildman–Crippen LogP) is 2.07. The van der Waals surface area contributed by atoms with Crippen molar-refractivity contribution in [3.63, 3.8) is 0 Å². The molecular formula is C8H13BrN2O. The standard InChI is InChI=1S/C8H13BrN2O/c1-3-7(12-2)4-11-5-8(9)10-6-11/h5-7H,3-4H2,1-2H3. The molecule has 3 nitrogen and oxygen atoms in total. The molecule has 0 bridgehead atoms. The Morgan fingerprint density at radius 3 is 2.92 bits per heavy atom.